The first-order valence-electron chi connectivity index (χ1n) is 6.57. The van der Waals surface area contributed by atoms with E-state index in [-0.39, 0.29) is 5.91 Å². The molecule has 98 valence electrons. The predicted molar refractivity (Wildman–Crippen MR) is 72.9 cm³/mol. The van der Waals surface area contributed by atoms with Gasteiger partial charge in [-0.25, -0.2) is 0 Å². The number of amides is 1. The maximum atomic E-state index is 12.5. The summed E-state index contributed by atoms with van der Waals surface area (Å²) >= 11 is 0. The van der Waals surface area contributed by atoms with Gasteiger partial charge in [0.15, 0.2) is 0 Å². The normalized spacial score (nSPS) is 19.6. The number of pyridine rings is 1. The molecule has 1 atom stereocenters. The van der Waals surface area contributed by atoms with Gasteiger partial charge < -0.3 is 10.0 Å². The first-order chi connectivity index (χ1) is 9.25. The number of piperidine rings is 1. The highest BCUT2D eigenvalue weighted by Crippen LogP contribution is 2.20. The molecule has 1 amide bonds. The van der Waals surface area contributed by atoms with Crippen molar-refractivity contribution in [3.8, 4) is 0 Å². The van der Waals surface area contributed by atoms with Crippen molar-refractivity contribution in [1.29, 1.82) is 0 Å². The van der Waals surface area contributed by atoms with Crippen LogP contribution in [0.1, 0.15) is 23.2 Å². The molecule has 0 aliphatic carbocycles. The maximum absolute atomic E-state index is 12.5. The molecule has 1 saturated heterocycles. The van der Waals surface area contributed by atoms with Crippen molar-refractivity contribution in [1.82, 2.24) is 9.88 Å². The molecular weight excluding hydrogens is 240 g/mol. The third-order valence-corrected chi connectivity index (χ3v) is 3.55. The highest BCUT2D eigenvalue weighted by Gasteiger charge is 2.24. The number of hydrogen-bond acceptors (Lipinski definition) is 3. The van der Waals surface area contributed by atoms with E-state index in [2.05, 4.69) is 4.98 Å². The summed E-state index contributed by atoms with van der Waals surface area (Å²) in [6.07, 6.45) is 2.92. The molecule has 0 bridgehead atoms. The zero-order chi connectivity index (χ0) is 13.2. The Labute approximate surface area is 111 Å². The lowest BCUT2D eigenvalue weighted by molar-refractivity contribution is 0.0475. The molecule has 0 spiro atoms. The molecule has 2 aromatic rings. The van der Waals surface area contributed by atoms with Gasteiger partial charge in [0, 0.05) is 24.7 Å². The van der Waals surface area contributed by atoms with Gasteiger partial charge in [-0.05, 0) is 25.0 Å². The van der Waals surface area contributed by atoms with Crippen LogP contribution in [0.25, 0.3) is 10.9 Å². The topological polar surface area (TPSA) is 53.4 Å². The summed E-state index contributed by atoms with van der Waals surface area (Å²) in [6.45, 7) is 1.13. The Balaban J connectivity index is 1.97. The molecule has 1 aromatic carbocycles. The fourth-order valence-corrected chi connectivity index (χ4v) is 2.59. The van der Waals surface area contributed by atoms with E-state index in [0.717, 1.165) is 23.7 Å². The van der Waals surface area contributed by atoms with Crippen LogP contribution in [0.4, 0.5) is 0 Å². The number of benzene rings is 1. The van der Waals surface area contributed by atoms with Crippen LogP contribution in [-0.2, 0) is 0 Å². The third-order valence-electron chi connectivity index (χ3n) is 3.55. The van der Waals surface area contributed by atoms with Crippen LogP contribution in [-0.4, -0.2) is 40.1 Å². The highest BCUT2D eigenvalue weighted by atomic mass is 16.3. The van der Waals surface area contributed by atoms with Crippen molar-refractivity contribution in [3.63, 3.8) is 0 Å². The molecule has 4 nitrogen and oxygen atoms in total. The van der Waals surface area contributed by atoms with Crippen molar-refractivity contribution in [2.45, 2.75) is 18.9 Å². The average Bonchev–Trinajstić information content (AvgIpc) is 2.46. The molecule has 1 unspecified atom stereocenters. The van der Waals surface area contributed by atoms with Gasteiger partial charge in [-0.3, -0.25) is 9.78 Å². The van der Waals surface area contributed by atoms with Gasteiger partial charge in [-0.2, -0.15) is 0 Å². The number of likely N-dealkylation sites (tertiary alicyclic amines) is 1. The number of carbonyl (C=O) groups excluding carboxylic acids is 1. The molecule has 0 saturated carbocycles. The van der Waals surface area contributed by atoms with Crippen LogP contribution in [0.3, 0.4) is 0 Å². The molecule has 19 heavy (non-hydrogen) atoms. The van der Waals surface area contributed by atoms with Crippen LogP contribution >= 0.6 is 0 Å². The number of aliphatic hydroxyl groups excluding tert-OH is 1. The van der Waals surface area contributed by atoms with E-state index in [4.69, 9.17) is 0 Å². The molecule has 1 aliphatic heterocycles. The van der Waals surface area contributed by atoms with Crippen molar-refractivity contribution < 1.29 is 9.90 Å². The molecule has 1 aliphatic rings. The Hall–Kier alpha value is -1.94. The van der Waals surface area contributed by atoms with Crippen LogP contribution in [0.15, 0.2) is 36.5 Å². The maximum Gasteiger partial charge on any atom is 0.256 e. The van der Waals surface area contributed by atoms with Crippen LogP contribution in [0.5, 0.6) is 0 Å². The van der Waals surface area contributed by atoms with E-state index < -0.39 is 6.10 Å². The molecule has 1 N–H and O–H groups in total. The standard InChI is InChI=1S/C15H16N2O2/c18-12-6-3-9-17(10-12)15(19)13-7-1-4-11-5-2-8-16-14(11)13/h1-2,4-5,7-8,12,18H,3,6,9-10H2. The SMILES string of the molecule is O=C(c1cccc2cccnc12)N1CCCC(O)C1. The average molecular weight is 256 g/mol. The summed E-state index contributed by atoms with van der Waals surface area (Å²) in [7, 11) is 0. The zero-order valence-electron chi connectivity index (χ0n) is 10.6. The smallest absolute Gasteiger partial charge is 0.256 e. The largest absolute Gasteiger partial charge is 0.391 e. The lowest BCUT2D eigenvalue weighted by atomic mass is 10.0. The van der Waals surface area contributed by atoms with Crippen LogP contribution in [0.2, 0.25) is 0 Å². The minimum absolute atomic E-state index is 0.0388. The zero-order valence-corrected chi connectivity index (χ0v) is 10.6. The Bertz CT molecular complexity index is 607. The van der Waals surface area contributed by atoms with E-state index in [0.29, 0.717) is 18.7 Å². The Morgan fingerprint density at radius 3 is 3.00 bits per heavy atom. The number of aliphatic hydroxyl groups is 1. The van der Waals surface area contributed by atoms with E-state index in [9.17, 15) is 9.90 Å². The first-order valence-corrected chi connectivity index (χ1v) is 6.57. The summed E-state index contributed by atoms with van der Waals surface area (Å²) in [6, 6.07) is 9.44. The Morgan fingerprint density at radius 1 is 1.32 bits per heavy atom. The summed E-state index contributed by atoms with van der Waals surface area (Å²) in [5.41, 5.74) is 1.35. The number of carbonyl (C=O) groups is 1. The molecule has 1 aromatic heterocycles. The van der Waals surface area contributed by atoms with Gasteiger partial charge in [0.05, 0.1) is 17.2 Å². The minimum atomic E-state index is -0.402. The quantitative estimate of drug-likeness (QED) is 0.847. The van der Waals surface area contributed by atoms with Crippen molar-refractivity contribution in [3.05, 3.63) is 42.1 Å². The number of rotatable bonds is 1. The second kappa shape index (κ2) is 4.97. The predicted octanol–water partition coefficient (Wildman–Crippen LogP) is 1.83. The second-order valence-electron chi connectivity index (χ2n) is 4.93. The van der Waals surface area contributed by atoms with Crippen molar-refractivity contribution >= 4 is 16.8 Å². The van der Waals surface area contributed by atoms with Crippen LogP contribution in [0, 0.1) is 0 Å². The molecule has 3 rings (SSSR count). The van der Waals surface area contributed by atoms with Gasteiger partial charge in [0.2, 0.25) is 0 Å². The van der Waals surface area contributed by atoms with E-state index in [1.807, 2.05) is 24.3 Å². The molecule has 2 heterocycles. The summed E-state index contributed by atoms with van der Waals surface area (Å²) in [5.74, 6) is -0.0388. The second-order valence-corrected chi connectivity index (χ2v) is 4.93. The van der Waals surface area contributed by atoms with Crippen LogP contribution < -0.4 is 0 Å². The van der Waals surface area contributed by atoms with Gasteiger partial charge in [-0.15, -0.1) is 0 Å². The number of β-amino-alcohol motifs (C(OH)–C–C–N with tert-alkyl or cyclic N) is 1. The Morgan fingerprint density at radius 2 is 2.16 bits per heavy atom. The number of para-hydroxylation sites is 1. The lowest BCUT2D eigenvalue weighted by Crippen LogP contribution is -2.42. The van der Waals surface area contributed by atoms with E-state index >= 15 is 0 Å². The first kappa shape index (κ1) is 12.1. The highest BCUT2D eigenvalue weighted by molar-refractivity contribution is 6.05. The number of fused-ring (bicyclic) bond motifs is 1. The Kier molecular flexibility index (Phi) is 3.17. The fourth-order valence-electron chi connectivity index (χ4n) is 2.59. The fraction of sp³-hybridized carbons (Fsp3) is 0.333. The van der Waals surface area contributed by atoms with Crippen molar-refractivity contribution in [2.24, 2.45) is 0 Å². The van der Waals surface area contributed by atoms with Gasteiger partial charge in [-0.1, -0.05) is 18.2 Å². The van der Waals surface area contributed by atoms with Gasteiger partial charge in [0.25, 0.3) is 5.91 Å². The minimum Gasteiger partial charge on any atom is -0.391 e. The van der Waals surface area contributed by atoms with E-state index in [1.54, 1.807) is 17.2 Å². The van der Waals surface area contributed by atoms with Crippen molar-refractivity contribution in [2.75, 3.05) is 13.1 Å². The van der Waals surface area contributed by atoms with Gasteiger partial charge in [0.1, 0.15) is 0 Å². The number of aromatic nitrogens is 1. The third kappa shape index (κ3) is 2.31. The number of nitrogens with zero attached hydrogens (tertiary/aromatic N) is 2. The van der Waals surface area contributed by atoms with Gasteiger partial charge >= 0.3 is 0 Å². The molecule has 4 heteroatoms. The summed E-state index contributed by atoms with van der Waals surface area (Å²) < 4.78 is 0. The molecular formula is C15H16N2O2. The molecule has 1 fully saturated rings. The summed E-state index contributed by atoms with van der Waals surface area (Å²) in [4.78, 5) is 18.6. The number of hydrogen-bond donors (Lipinski definition) is 1. The van der Waals surface area contributed by atoms with E-state index in [1.165, 1.54) is 0 Å². The molecule has 0 radical (unpaired) electrons. The lowest BCUT2D eigenvalue weighted by Gasteiger charge is -2.30. The monoisotopic (exact) mass is 256 g/mol. The summed E-state index contributed by atoms with van der Waals surface area (Å²) in [5, 5.41) is 10.6.